The molecule has 0 N–H and O–H groups in total. The summed E-state index contributed by atoms with van der Waals surface area (Å²) in [5, 5.41) is 8.38. The average molecular weight is 237 g/mol. The average Bonchev–Trinajstić information content (AvgIpc) is 2.75. The number of nitrogens with zero attached hydrogens (tertiary/aromatic N) is 4. The van der Waals surface area contributed by atoms with Crippen LogP contribution >= 0.6 is 11.6 Å². The van der Waals surface area contributed by atoms with Crippen molar-refractivity contribution in [2.45, 2.75) is 0 Å². The van der Waals surface area contributed by atoms with Gasteiger partial charge in [-0.25, -0.2) is 9.67 Å². The fraction of sp³-hybridized carbons (Fsp3) is 0.100. The first-order chi connectivity index (χ1) is 7.81. The molecule has 0 fully saturated rings. The quantitative estimate of drug-likeness (QED) is 0.604. The highest BCUT2D eigenvalue weighted by Crippen LogP contribution is 2.15. The van der Waals surface area contributed by atoms with Gasteiger partial charge in [0.15, 0.2) is 5.82 Å². The Bertz CT molecular complexity index is 509. The molecule has 16 heavy (non-hydrogen) atoms. The van der Waals surface area contributed by atoms with Gasteiger partial charge in [-0.1, -0.05) is 16.8 Å². The molecule has 0 aromatic carbocycles. The van der Waals surface area contributed by atoms with E-state index in [1.54, 1.807) is 35.3 Å². The van der Waals surface area contributed by atoms with Crippen molar-refractivity contribution in [2.24, 2.45) is 5.16 Å². The molecule has 0 spiro atoms. The van der Waals surface area contributed by atoms with E-state index in [9.17, 15) is 0 Å². The van der Waals surface area contributed by atoms with Crippen LogP contribution in [0.2, 0.25) is 5.02 Å². The zero-order chi connectivity index (χ0) is 11.4. The lowest BCUT2D eigenvalue weighted by molar-refractivity contribution is 0.215. The molecule has 0 saturated carbocycles. The maximum Gasteiger partial charge on any atom is 0.172 e. The van der Waals surface area contributed by atoms with Gasteiger partial charge in [0.2, 0.25) is 0 Å². The van der Waals surface area contributed by atoms with Crippen molar-refractivity contribution in [1.82, 2.24) is 14.8 Å². The van der Waals surface area contributed by atoms with Crippen LogP contribution in [-0.2, 0) is 4.84 Å². The molecule has 2 aromatic rings. The normalized spacial score (nSPS) is 10.9. The van der Waals surface area contributed by atoms with Gasteiger partial charge < -0.3 is 4.84 Å². The summed E-state index contributed by atoms with van der Waals surface area (Å²) >= 11 is 5.99. The zero-order valence-corrected chi connectivity index (χ0v) is 9.30. The van der Waals surface area contributed by atoms with Crippen LogP contribution in [0.15, 0.2) is 35.7 Å². The Kier molecular flexibility index (Phi) is 3.16. The standard InChI is InChI=1S/C10H9ClN4O/c1-16-13-7-8-4-6-15(14-8)10-9(11)3-2-5-12-10/h2-7H,1H3/b13-7+. The highest BCUT2D eigenvalue weighted by atomic mass is 35.5. The Labute approximate surface area is 97.3 Å². The van der Waals surface area contributed by atoms with Crippen molar-refractivity contribution in [3.05, 3.63) is 41.3 Å². The van der Waals surface area contributed by atoms with Gasteiger partial charge in [-0.15, -0.1) is 0 Å². The Hall–Kier alpha value is -1.88. The van der Waals surface area contributed by atoms with E-state index >= 15 is 0 Å². The van der Waals surface area contributed by atoms with Crippen molar-refractivity contribution in [3.63, 3.8) is 0 Å². The minimum Gasteiger partial charge on any atom is -0.399 e. The molecule has 0 aliphatic rings. The number of aromatic nitrogens is 3. The lowest BCUT2D eigenvalue weighted by atomic mass is 10.4. The van der Waals surface area contributed by atoms with Gasteiger partial charge >= 0.3 is 0 Å². The smallest absolute Gasteiger partial charge is 0.172 e. The van der Waals surface area contributed by atoms with Crippen molar-refractivity contribution >= 4 is 17.8 Å². The third kappa shape index (κ3) is 2.20. The van der Waals surface area contributed by atoms with Gasteiger partial charge in [0.1, 0.15) is 12.8 Å². The molecule has 0 radical (unpaired) electrons. The fourth-order valence-corrected chi connectivity index (χ4v) is 1.39. The minimum atomic E-state index is 0.542. The fourth-order valence-electron chi connectivity index (χ4n) is 1.18. The molecule has 0 amide bonds. The number of hydrogen-bond donors (Lipinski definition) is 0. The molecule has 82 valence electrons. The summed E-state index contributed by atoms with van der Waals surface area (Å²) in [7, 11) is 1.48. The molecule has 0 unspecified atom stereocenters. The number of hydrogen-bond acceptors (Lipinski definition) is 4. The SMILES string of the molecule is CO/N=C/c1ccn(-c2ncccc2Cl)n1. The van der Waals surface area contributed by atoms with E-state index in [4.69, 9.17) is 11.6 Å². The molecule has 0 bridgehead atoms. The largest absolute Gasteiger partial charge is 0.399 e. The summed E-state index contributed by atoms with van der Waals surface area (Å²) < 4.78 is 1.58. The lowest BCUT2D eigenvalue weighted by Crippen LogP contribution is -1.99. The third-order valence-electron chi connectivity index (χ3n) is 1.86. The second kappa shape index (κ2) is 4.76. The lowest BCUT2D eigenvalue weighted by Gasteiger charge is -2.00. The van der Waals surface area contributed by atoms with Crippen LogP contribution in [0.3, 0.4) is 0 Å². The van der Waals surface area contributed by atoms with Gasteiger partial charge in [-0.3, -0.25) is 0 Å². The Morgan fingerprint density at radius 2 is 2.38 bits per heavy atom. The second-order valence-corrected chi connectivity index (χ2v) is 3.32. The van der Waals surface area contributed by atoms with Crippen LogP contribution < -0.4 is 0 Å². The second-order valence-electron chi connectivity index (χ2n) is 2.91. The minimum absolute atomic E-state index is 0.542. The maximum atomic E-state index is 5.99. The van der Waals surface area contributed by atoms with E-state index < -0.39 is 0 Å². The van der Waals surface area contributed by atoms with E-state index in [-0.39, 0.29) is 0 Å². The Balaban J connectivity index is 2.32. The number of rotatable bonds is 3. The predicted octanol–water partition coefficient (Wildman–Crippen LogP) is 1.90. The first-order valence-electron chi connectivity index (χ1n) is 4.54. The van der Waals surface area contributed by atoms with Gasteiger partial charge in [0, 0.05) is 12.4 Å². The zero-order valence-electron chi connectivity index (χ0n) is 8.54. The summed E-state index contributed by atoms with van der Waals surface area (Å²) in [6.45, 7) is 0. The van der Waals surface area contributed by atoms with Gasteiger partial charge in [-0.2, -0.15) is 5.10 Å². The molecule has 0 saturated heterocycles. The Morgan fingerprint density at radius 1 is 1.50 bits per heavy atom. The van der Waals surface area contributed by atoms with Crippen molar-refractivity contribution in [1.29, 1.82) is 0 Å². The van der Waals surface area contributed by atoms with Crippen molar-refractivity contribution < 1.29 is 4.84 Å². The monoisotopic (exact) mass is 236 g/mol. The van der Waals surface area contributed by atoms with E-state index in [0.29, 0.717) is 16.5 Å². The molecular formula is C10H9ClN4O. The molecule has 6 heteroatoms. The van der Waals surface area contributed by atoms with Gasteiger partial charge in [0.25, 0.3) is 0 Å². The molecule has 2 aromatic heterocycles. The predicted molar refractivity (Wildman–Crippen MR) is 61.0 cm³/mol. The molecule has 0 atom stereocenters. The number of oxime groups is 1. The van der Waals surface area contributed by atoms with E-state index in [1.807, 2.05) is 0 Å². The molecule has 0 aliphatic heterocycles. The summed E-state index contributed by atoms with van der Waals surface area (Å²) in [6, 6.07) is 5.31. The molecule has 5 nitrogen and oxygen atoms in total. The molecule has 2 rings (SSSR count). The van der Waals surface area contributed by atoms with Gasteiger partial charge in [-0.05, 0) is 18.2 Å². The highest BCUT2D eigenvalue weighted by Gasteiger charge is 2.04. The number of halogens is 1. The van der Waals surface area contributed by atoms with E-state index in [0.717, 1.165) is 0 Å². The maximum absolute atomic E-state index is 5.99. The van der Waals surface area contributed by atoms with E-state index in [2.05, 4.69) is 20.1 Å². The van der Waals surface area contributed by atoms with Crippen molar-refractivity contribution in [3.8, 4) is 5.82 Å². The summed E-state index contributed by atoms with van der Waals surface area (Å²) in [5.74, 6) is 0.584. The van der Waals surface area contributed by atoms with Crippen LogP contribution in [0.4, 0.5) is 0 Å². The van der Waals surface area contributed by atoms with E-state index in [1.165, 1.54) is 13.3 Å². The third-order valence-corrected chi connectivity index (χ3v) is 2.15. The van der Waals surface area contributed by atoms with Crippen molar-refractivity contribution in [2.75, 3.05) is 7.11 Å². The molecule has 2 heterocycles. The topological polar surface area (TPSA) is 52.3 Å². The molecular weight excluding hydrogens is 228 g/mol. The van der Waals surface area contributed by atoms with Crippen LogP contribution in [0, 0.1) is 0 Å². The van der Waals surface area contributed by atoms with Crippen LogP contribution in [0.25, 0.3) is 5.82 Å². The summed E-state index contributed by atoms with van der Waals surface area (Å²) in [5.41, 5.74) is 0.670. The number of pyridine rings is 1. The van der Waals surface area contributed by atoms with Gasteiger partial charge in [0.05, 0.1) is 11.2 Å². The summed E-state index contributed by atoms with van der Waals surface area (Å²) in [4.78, 5) is 8.70. The first kappa shape index (κ1) is 10.6. The van der Waals surface area contributed by atoms with Crippen LogP contribution in [0.5, 0.6) is 0 Å². The Morgan fingerprint density at radius 3 is 3.12 bits per heavy atom. The summed E-state index contributed by atoms with van der Waals surface area (Å²) in [6.07, 6.45) is 4.92. The highest BCUT2D eigenvalue weighted by molar-refractivity contribution is 6.32. The molecule has 0 aliphatic carbocycles. The first-order valence-corrected chi connectivity index (χ1v) is 4.92. The van der Waals surface area contributed by atoms with Crippen LogP contribution in [-0.4, -0.2) is 28.1 Å². The van der Waals surface area contributed by atoms with Crippen LogP contribution in [0.1, 0.15) is 5.69 Å².